The number of carbonyl (C=O) groups excluding carboxylic acids is 1. The molecular weight excluding hydrogens is 302 g/mol. The molecule has 5 nitrogen and oxygen atoms in total. The van der Waals surface area contributed by atoms with Gasteiger partial charge in [0.2, 0.25) is 5.91 Å². The maximum Gasteiger partial charge on any atom is 0.224 e. The van der Waals surface area contributed by atoms with Crippen LogP contribution in [0.1, 0.15) is 12.0 Å². The standard InChI is InChI=1S/C19H19N3O2/c1-24-17-9-2-14(3-10-17)4-11-18(23)22-16-7-5-15(6-8-16)19-20-12-13-21-19/h2-3,5-10,12-13H,4,11H2,1H3,(H,20,21)(H,22,23). The van der Waals surface area contributed by atoms with Gasteiger partial charge in [-0.05, 0) is 48.4 Å². The van der Waals surface area contributed by atoms with Gasteiger partial charge < -0.3 is 15.0 Å². The number of H-pyrrole nitrogens is 1. The number of hydrogen-bond acceptors (Lipinski definition) is 3. The molecule has 0 radical (unpaired) electrons. The zero-order valence-electron chi connectivity index (χ0n) is 13.5. The quantitative estimate of drug-likeness (QED) is 0.728. The second kappa shape index (κ2) is 7.46. The number of amides is 1. The maximum atomic E-state index is 12.1. The summed E-state index contributed by atoms with van der Waals surface area (Å²) in [6.07, 6.45) is 4.63. The van der Waals surface area contributed by atoms with Crippen molar-refractivity contribution < 1.29 is 9.53 Å². The SMILES string of the molecule is COc1ccc(CCC(=O)Nc2ccc(-c3ncc[nH]3)cc2)cc1. The molecular formula is C19H19N3O2. The molecule has 1 aromatic heterocycles. The van der Waals surface area contributed by atoms with Crippen molar-refractivity contribution in [2.24, 2.45) is 0 Å². The normalized spacial score (nSPS) is 10.4. The number of nitrogens with zero attached hydrogens (tertiary/aromatic N) is 1. The van der Waals surface area contributed by atoms with Gasteiger partial charge in [-0.15, -0.1) is 0 Å². The number of nitrogens with one attached hydrogen (secondary N) is 2. The topological polar surface area (TPSA) is 67.0 Å². The van der Waals surface area contributed by atoms with Gasteiger partial charge in [-0.2, -0.15) is 0 Å². The largest absolute Gasteiger partial charge is 0.497 e. The van der Waals surface area contributed by atoms with Crippen molar-refractivity contribution in [3.05, 3.63) is 66.5 Å². The van der Waals surface area contributed by atoms with E-state index in [0.29, 0.717) is 12.8 Å². The first-order valence-corrected chi connectivity index (χ1v) is 7.77. The molecule has 1 heterocycles. The maximum absolute atomic E-state index is 12.1. The monoisotopic (exact) mass is 321 g/mol. The fraction of sp³-hybridized carbons (Fsp3) is 0.158. The lowest BCUT2D eigenvalue weighted by atomic mass is 10.1. The lowest BCUT2D eigenvalue weighted by Gasteiger charge is -2.07. The molecule has 0 unspecified atom stereocenters. The predicted molar refractivity (Wildman–Crippen MR) is 94.0 cm³/mol. The van der Waals surface area contributed by atoms with E-state index in [-0.39, 0.29) is 5.91 Å². The van der Waals surface area contributed by atoms with Crippen LogP contribution in [0.5, 0.6) is 5.75 Å². The van der Waals surface area contributed by atoms with Gasteiger partial charge in [0.1, 0.15) is 11.6 Å². The van der Waals surface area contributed by atoms with Gasteiger partial charge in [-0.1, -0.05) is 12.1 Å². The molecule has 24 heavy (non-hydrogen) atoms. The summed E-state index contributed by atoms with van der Waals surface area (Å²) in [6, 6.07) is 15.4. The lowest BCUT2D eigenvalue weighted by molar-refractivity contribution is -0.116. The summed E-state index contributed by atoms with van der Waals surface area (Å²) >= 11 is 0. The number of ether oxygens (including phenoxy) is 1. The van der Waals surface area contributed by atoms with E-state index >= 15 is 0 Å². The summed E-state index contributed by atoms with van der Waals surface area (Å²) in [6.45, 7) is 0. The first kappa shape index (κ1) is 15.8. The highest BCUT2D eigenvalue weighted by molar-refractivity contribution is 5.91. The van der Waals surface area contributed by atoms with Crippen LogP contribution >= 0.6 is 0 Å². The number of benzene rings is 2. The minimum absolute atomic E-state index is 0.00318. The van der Waals surface area contributed by atoms with Crippen LogP contribution in [0, 0.1) is 0 Å². The van der Waals surface area contributed by atoms with Gasteiger partial charge >= 0.3 is 0 Å². The summed E-state index contributed by atoms with van der Waals surface area (Å²) in [4.78, 5) is 19.3. The van der Waals surface area contributed by atoms with Crippen LogP contribution in [-0.4, -0.2) is 23.0 Å². The summed E-state index contributed by atoms with van der Waals surface area (Å²) in [5.41, 5.74) is 2.88. The molecule has 3 rings (SSSR count). The highest BCUT2D eigenvalue weighted by atomic mass is 16.5. The van der Waals surface area contributed by atoms with Gasteiger partial charge in [-0.25, -0.2) is 4.98 Å². The Labute approximate surface area is 140 Å². The Morgan fingerprint density at radius 2 is 1.88 bits per heavy atom. The van der Waals surface area contributed by atoms with Crippen LogP contribution in [0.25, 0.3) is 11.4 Å². The number of carbonyl (C=O) groups is 1. The molecule has 0 saturated heterocycles. The Morgan fingerprint density at radius 1 is 1.12 bits per heavy atom. The molecule has 0 bridgehead atoms. The third-order valence-corrected chi connectivity index (χ3v) is 3.74. The van der Waals surface area contributed by atoms with Crippen molar-refractivity contribution in [3.8, 4) is 17.1 Å². The highest BCUT2D eigenvalue weighted by Gasteiger charge is 2.05. The molecule has 0 aliphatic heterocycles. The molecule has 2 aromatic carbocycles. The van der Waals surface area contributed by atoms with Crippen LogP contribution < -0.4 is 10.1 Å². The molecule has 0 aliphatic carbocycles. The van der Waals surface area contributed by atoms with Crippen LogP contribution in [0.3, 0.4) is 0 Å². The van der Waals surface area contributed by atoms with Crippen molar-refractivity contribution in [1.29, 1.82) is 0 Å². The van der Waals surface area contributed by atoms with Gasteiger partial charge in [0.05, 0.1) is 7.11 Å². The fourth-order valence-corrected chi connectivity index (χ4v) is 2.41. The minimum Gasteiger partial charge on any atom is -0.497 e. The minimum atomic E-state index is -0.00318. The number of hydrogen-bond donors (Lipinski definition) is 2. The van der Waals surface area contributed by atoms with E-state index in [9.17, 15) is 4.79 Å². The second-order valence-electron chi connectivity index (χ2n) is 5.41. The Hall–Kier alpha value is -3.08. The van der Waals surface area contributed by atoms with Crippen LogP contribution in [-0.2, 0) is 11.2 Å². The highest BCUT2D eigenvalue weighted by Crippen LogP contribution is 2.18. The number of aromatic nitrogens is 2. The van der Waals surface area contributed by atoms with Gasteiger partial charge in [0.25, 0.3) is 0 Å². The summed E-state index contributed by atoms with van der Waals surface area (Å²) in [5.74, 6) is 1.63. The number of aryl methyl sites for hydroxylation is 1. The molecule has 0 aliphatic rings. The molecule has 1 amide bonds. The number of rotatable bonds is 6. The Kier molecular flexibility index (Phi) is 4.91. The summed E-state index contributed by atoms with van der Waals surface area (Å²) in [5, 5.41) is 2.91. The predicted octanol–water partition coefficient (Wildman–Crippen LogP) is 3.66. The molecule has 0 fully saturated rings. The third-order valence-electron chi connectivity index (χ3n) is 3.74. The summed E-state index contributed by atoms with van der Waals surface area (Å²) in [7, 11) is 1.64. The average Bonchev–Trinajstić information content (AvgIpc) is 3.16. The van der Waals surface area contributed by atoms with Crippen molar-refractivity contribution >= 4 is 11.6 Å². The fourth-order valence-electron chi connectivity index (χ4n) is 2.41. The third kappa shape index (κ3) is 4.01. The Morgan fingerprint density at radius 3 is 2.50 bits per heavy atom. The van der Waals surface area contributed by atoms with E-state index in [1.54, 1.807) is 19.5 Å². The molecule has 5 heteroatoms. The van der Waals surface area contributed by atoms with Crippen molar-refractivity contribution in [1.82, 2.24) is 9.97 Å². The summed E-state index contributed by atoms with van der Waals surface area (Å²) < 4.78 is 5.12. The number of imidazole rings is 1. The number of aromatic amines is 1. The molecule has 2 N–H and O–H groups in total. The zero-order chi connectivity index (χ0) is 16.8. The van der Waals surface area contributed by atoms with Crippen molar-refractivity contribution in [3.63, 3.8) is 0 Å². The van der Waals surface area contributed by atoms with Crippen LogP contribution in [0.4, 0.5) is 5.69 Å². The first-order chi connectivity index (χ1) is 11.7. The second-order valence-corrected chi connectivity index (χ2v) is 5.41. The number of anilines is 1. The lowest BCUT2D eigenvalue weighted by Crippen LogP contribution is -2.12. The van der Waals surface area contributed by atoms with E-state index in [4.69, 9.17) is 4.74 Å². The van der Waals surface area contributed by atoms with E-state index in [2.05, 4.69) is 15.3 Å². The smallest absolute Gasteiger partial charge is 0.224 e. The molecule has 3 aromatic rings. The van der Waals surface area contributed by atoms with Crippen molar-refractivity contribution in [2.45, 2.75) is 12.8 Å². The van der Waals surface area contributed by atoms with Crippen LogP contribution in [0.15, 0.2) is 60.9 Å². The van der Waals surface area contributed by atoms with E-state index in [1.807, 2.05) is 48.5 Å². The van der Waals surface area contributed by atoms with Gasteiger partial charge in [0, 0.05) is 30.1 Å². The average molecular weight is 321 g/mol. The molecule has 0 spiro atoms. The van der Waals surface area contributed by atoms with E-state index < -0.39 is 0 Å². The Balaban J connectivity index is 1.52. The number of methoxy groups -OCH3 is 1. The molecule has 122 valence electrons. The van der Waals surface area contributed by atoms with Crippen molar-refractivity contribution in [2.75, 3.05) is 12.4 Å². The van der Waals surface area contributed by atoms with Gasteiger partial charge in [0.15, 0.2) is 0 Å². The zero-order valence-corrected chi connectivity index (χ0v) is 13.5. The van der Waals surface area contributed by atoms with E-state index in [0.717, 1.165) is 28.4 Å². The van der Waals surface area contributed by atoms with E-state index in [1.165, 1.54) is 0 Å². The molecule has 0 atom stereocenters. The first-order valence-electron chi connectivity index (χ1n) is 7.77. The Bertz CT molecular complexity index is 778. The van der Waals surface area contributed by atoms with Crippen LogP contribution in [0.2, 0.25) is 0 Å². The van der Waals surface area contributed by atoms with Gasteiger partial charge in [-0.3, -0.25) is 4.79 Å². The molecule has 0 saturated carbocycles.